The fourth-order valence-electron chi connectivity index (χ4n) is 5.57. The summed E-state index contributed by atoms with van der Waals surface area (Å²) in [7, 11) is 1.67. The van der Waals surface area contributed by atoms with Gasteiger partial charge in [0.2, 0.25) is 5.95 Å². The molecular weight excluding hydrogens is 464 g/mol. The first-order chi connectivity index (χ1) is 18.3. The van der Waals surface area contributed by atoms with Gasteiger partial charge in [0.1, 0.15) is 23.6 Å². The van der Waals surface area contributed by atoms with Gasteiger partial charge in [0, 0.05) is 42.1 Å². The van der Waals surface area contributed by atoms with Crippen molar-refractivity contribution >= 4 is 28.9 Å². The van der Waals surface area contributed by atoms with Crippen LogP contribution in [0.1, 0.15) is 43.2 Å². The van der Waals surface area contributed by atoms with Gasteiger partial charge in [-0.15, -0.1) is 0 Å². The van der Waals surface area contributed by atoms with Gasteiger partial charge in [0.15, 0.2) is 0 Å². The highest BCUT2D eigenvalue weighted by Crippen LogP contribution is 2.27. The second-order valence-corrected chi connectivity index (χ2v) is 10.1. The van der Waals surface area contributed by atoms with Crippen LogP contribution < -0.4 is 20.0 Å². The number of methoxy groups -OCH3 is 1. The monoisotopic (exact) mass is 499 g/mol. The van der Waals surface area contributed by atoms with Gasteiger partial charge >= 0.3 is 0 Å². The summed E-state index contributed by atoms with van der Waals surface area (Å²) in [5.74, 6) is 3.05. The van der Waals surface area contributed by atoms with E-state index < -0.39 is 0 Å². The number of benzene rings is 2. The molecule has 192 valence electrons. The number of rotatable bonds is 7. The Hall–Kier alpha value is -3.49. The SMILES string of the molecule is COc1ccc(Nc2ncc3c(n2)[NH+](CC2CCCCC2)N=C3c2ccc(N3CCOCC3)cc2)cc1. The molecule has 2 fully saturated rings. The highest BCUT2D eigenvalue weighted by Gasteiger charge is 2.34. The van der Waals surface area contributed by atoms with Gasteiger partial charge in [0.05, 0.1) is 20.3 Å². The Balaban J connectivity index is 1.27. The number of nitrogens with zero attached hydrogens (tertiary/aromatic N) is 4. The summed E-state index contributed by atoms with van der Waals surface area (Å²) in [5.41, 5.74) is 5.26. The summed E-state index contributed by atoms with van der Waals surface area (Å²) < 4.78 is 10.8. The van der Waals surface area contributed by atoms with E-state index in [1.807, 2.05) is 30.5 Å². The third-order valence-electron chi connectivity index (χ3n) is 7.63. The third-order valence-corrected chi connectivity index (χ3v) is 7.63. The zero-order valence-electron chi connectivity index (χ0n) is 21.4. The molecule has 1 aromatic heterocycles. The van der Waals surface area contributed by atoms with E-state index in [-0.39, 0.29) is 0 Å². The quantitative estimate of drug-likeness (QED) is 0.513. The maximum atomic E-state index is 5.51. The molecule has 8 heteroatoms. The Labute approximate surface area is 218 Å². The first-order valence-corrected chi connectivity index (χ1v) is 13.4. The average Bonchev–Trinajstić information content (AvgIpc) is 3.32. The lowest BCUT2D eigenvalue weighted by Crippen LogP contribution is -3.02. The smallest absolute Gasteiger partial charge is 0.267 e. The Morgan fingerprint density at radius 3 is 2.49 bits per heavy atom. The van der Waals surface area contributed by atoms with E-state index in [0.29, 0.717) is 11.9 Å². The highest BCUT2D eigenvalue weighted by atomic mass is 16.5. The van der Waals surface area contributed by atoms with E-state index in [4.69, 9.17) is 19.6 Å². The number of fused-ring (bicyclic) bond motifs is 1. The van der Waals surface area contributed by atoms with Crippen LogP contribution in [0.25, 0.3) is 0 Å². The van der Waals surface area contributed by atoms with Gasteiger partial charge in [-0.25, -0.2) is 4.98 Å². The van der Waals surface area contributed by atoms with Crippen molar-refractivity contribution < 1.29 is 14.5 Å². The van der Waals surface area contributed by atoms with Crippen molar-refractivity contribution in [3.63, 3.8) is 0 Å². The van der Waals surface area contributed by atoms with Gasteiger partial charge in [0.25, 0.3) is 5.82 Å². The van der Waals surface area contributed by atoms with E-state index in [1.54, 1.807) is 7.11 Å². The number of morpholine rings is 1. The zero-order valence-corrected chi connectivity index (χ0v) is 21.4. The molecule has 3 aromatic rings. The highest BCUT2D eigenvalue weighted by molar-refractivity contribution is 6.15. The minimum atomic E-state index is 0.587. The molecule has 1 saturated carbocycles. The Morgan fingerprint density at radius 2 is 1.76 bits per heavy atom. The molecule has 8 nitrogen and oxygen atoms in total. The number of hydrogen-bond acceptors (Lipinski definition) is 7. The van der Waals surface area contributed by atoms with Crippen molar-refractivity contribution in [3.8, 4) is 5.75 Å². The van der Waals surface area contributed by atoms with E-state index in [0.717, 1.165) is 72.0 Å². The van der Waals surface area contributed by atoms with Crippen molar-refractivity contribution in [3.05, 3.63) is 65.9 Å². The summed E-state index contributed by atoms with van der Waals surface area (Å²) in [6.45, 7) is 4.40. The van der Waals surface area contributed by atoms with Crippen molar-refractivity contribution in [2.45, 2.75) is 32.1 Å². The molecule has 37 heavy (non-hydrogen) atoms. The molecule has 1 saturated heterocycles. The lowest BCUT2D eigenvalue weighted by molar-refractivity contribution is -0.843. The maximum Gasteiger partial charge on any atom is 0.267 e. The van der Waals surface area contributed by atoms with Gasteiger partial charge < -0.3 is 19.7 Å². The van der Waals surface area contributed by atoms with Gasteiger partial charge in [-0.1, -0.05) is 36.5 Å². The van der Waals surface area contributed by atoms with E-state index in [1.165, 1.54) is 37.8 Å². The van der Waals surface area contributed by atoms with Crippen molar-refractivity contribution in [1.29, 1.82) is 0 Å². The summed E-state index contributed by atoms with van der Waals surface area (Å²) in [4.78, 5) is 12.0. The summed E-state index contributed by atoms with van der Waals surface area (Å²) >= 11 is 0. The van der Waals surface area contributed by atoms with Crippen LogP contribution in [0.3, 0.4) is 0 Å². The molecule has 2 aromatic carbocycles. The largest absolute Gasteiger partial charge is 0.497 e. The second kappa shape index (κ2) is 10.9. The second-order valence-electron chi connectivity index (χ2n) is 10.1. The molecule has 2 aliphatic heterocycles. The zero-order chi connectivity index (χ0) is 25.0. The number of anilines is 3. The summed E-state index contributed by atoms with van der Waals surface area (Å²) in [6, 6.07) is 16.6. The minimum Gasteiger partial charge on any atom is -0.497 e. The van der Waals surface area contributed by atoms with Crippen LogP contribution in [0.2, 0.25) is 0 Å². The Morgan fingerprint density at radius 1 is 1.00 bits per heavy atom. The number of ether oxygens (including phenoxy) is 2. The number of nitrogens with one attached hydrogen (secondary N) is 2. The topological polar surface area (TPSA) is 76.3 Å². The molecule has 1 aliphatic carbocycles. The molecule has 0 radical (unpaired) electrons. The van der Waals surface area contributed by atoms with Crippen molar-refractivity contribution in [1.82, 2.24) is 9.97 Å². The van der Waals surface area contributed by atoms with E-state index >= 15 is 0 Å². The molecule has 1 unspecified atom stereocenters. The van der Waals surface area contributed by atoms with Crippen LogP contribution in [-0.2, 0) is 4.74 Å². The van der Waals surface area contributed by atoms with E-state index in [2.05, 4.69) is 39.5 Å². The Kier molecular flexibility index (Phi) is 7.01. The molecule has 0 bridgehead atoms. The molecule has 6 rings (SSSR count). The van der Waals surface area contributed by atoms with Crippen LogP contribution in [0, 0.1) is 5.92 Å². The van der Waals surface area contributed by atoms with Crippen molar-refractivity contribution in [2.75, 3.05) is 50.2 Å². The molecule has 3 aliphatic rings. The minimum absolute atomic E-state index is 0.587. The predicted octanol–water partition coefficient (Wildman–Crippen LogP) is 3.93. The lowest BCUT2D eigenvalue weighted by atomic mass is 9.89. The average molecular weight is 500 g/mol. The van der Waals surface area contributed by atoms with Crippen LogP contribution in [-0.4, -0.2) is 55.6 Å². The van der Waals surface area contributed by atoms with Gasteiger partial charge in [-0.2, -0.15) is 9.99 Å². The van der Waals surface area contributed by atoms with Crippen molar-refractivity contribution in [2.24, 2.45) is 11.0 Å². The Bertz CT molecular complexity index is 1230. The lowest BCUT2D eigenvalue weighted by Gasteiger charge is -2.28. The molecule has 0 spiro atoms. The molecule has 3 heterocycles. The fourth-order valence-corrected chi connectivity index (χ4v) is 5.57. The molecular formula is C29H35N6O2+. The van der Waals surface area contributed by atoms with Gasteiger partial charge in [-0.05, 0) is 49.2 Å². The number of aromatic nitrogens is 2. The van der Waals surface area contributed by atoms with E-state index in [9.17, 15) is 0 Å². The third kappa shape index (κ3) is 5.31. The van der Waals surface area contributed by atoms with Gasteiger partial charge in [-0.3, -0.25) is 0 Å². The molecule has 2 N–H and O–H groups in total. The van der Waals surface area contributed by atoms with Crippen LogP contribution in [0.5, 0.6) is 5.75 Å². The first kappa shape index (κ1) is 23.9. The van der Waals surface area contributed by atoms with Crippen LogP contribution in [0.4, 0.5) is 23.1 Å². The van der Waals surface area contributed by atoms with Crippen LogP contribution >= 0.6 is 0 Å². The number of quaternary nitrogens is 1. The van der Waals surface area contributed by atoms with Crippen LogP contribution in [0.15, 0.2) is 59.8 Å². The normalized spacial score (nSPS) is 19.9. The predicted molar refractivity (Wildman–Crippen MR) is 145 cm³/mol. The summed E-state index contributed by atoms with van der Waals surface area (Å²) in [6.07, 6.45) is 8.47. The number of hydrogen-bond donors (Lipinski definition) is 2. The fraction of sp³-hybridized carbons (Fsp3) is 0.414. The first-order valence-electron chi connectivity index (χ1n) is 13.4. The maximum absolute atomic E-state index is 5.51. The molecule has 0 amide bonds. The standard InChI is InChI=1S/C29H34N6O2/c1-36-25-13-9-23(10-14-25)31-29-30-19-26-27(22-7-11-24(12-8-22)34-15-17-37-18-16-34)33-35(28(26)32-29)20-21-5-3-2-4-6-21/h7-14,19,21H,2-6,15-18,20H2,1H3,(H,30,31,32)/p+1. The summed E-state index contributed by atoms with van der Waals surface area (Å²) in [5, 5.41) is 9.63. The molecule has 1 atom stereocenters.